The van der Waals surface area contributed by atoms with Gasteiger partial charge in [0, 0.05) is 24.4 Å². The van der Waals surface area contributed by atoms with Crippen LogP contribution in [0.15, 0.2) is 36.7 Å². The van der Waals surface area contributed by atoms with Crippen molar-refractivity contribution in [2.75, 3.05) is 0 Å². The van der Waals surface area contributed by atoms with Crippen molar-refractivity contribution in [1.29, 1.82) is 0 Å². The largest absolute Gasteiger partial charge is 0.461 e. The summed E-state index contributed by atoms with van der Waals surface area (Å²) in [6, 6.07) is 3.78. The van der Waals surface area contributed by atoms with Gasteiger partial charge >= 0.3 is 5.97 Å². The molecule has 0 atom stereocenters. The molecule has 0 radical (unpaired) electrons. The quantitative estimate of drug-likeness (QED) is 0.111. The van der Waals surface area contributed by atoms with Gasteiger partial charge in [-0.1, -0.05) is 102 Å². The molecule has 0 fully saturated rings. The van der Waals surface area contributed by atoms with Crippen LogP contribution in [-0.2, 0) is 16.1 Å². The number of hydrogen-bond acceptors (Lipinski definition) is 3. The van der Waals surface area contributed by atoms with E-state index in [-0.39, 0.29) is 5.97 Å². The smallest absolute Gasteiger partial charge is 0.306 e. The maximum atomic E-state index is 11.7. The summed E-state index contributed by atoms with van der Waals surface area (Å²) in [5, 5.41) is 0. The van der Waals surface area contributed by atoms with Gasteiger partial charge in [-0.2, -0.15) is 0 Å². The highest BCUT2D eigenvalue weighted by atomic mass is 16.5. The Morgan fingerprint density at radius 3 is 1.90 bits per heavy atom. The molecule has 0 spiro atoms. The Hall–Kier alpha value is -1.64. The zero-order valence-corrected chi connectivity index (χ0v) is 20.2. The fraction of sp³-hybridized carbons (Fsp3) is 0.714. The number of aromatic nitrogens is 1. The van der Waals surface area contributed by atoms with Crippen LogP contribution < -0.4 is 0 Å². The van der Waals surface area contributed by atoms with Gasteiger partial charge in [0.1, 0.15) is 6.61 Å². The summed E-state index contributed by atoms with van der Waals surface area (Å²) in [4.78, 5) is 15.8. The second-order valence-corrected chi connectivity index (χ2v) is 8.77. The number of rotatable bonds is 21. The van der Waals surface area contributed by atoms with Crippen LogP contribution in [0.4, 0.5) is 0 Å². The summed E-state index contributed by atoms with van der Waals surface area (Å²) in [5.41, 5.74) is 0.939. The highest BCUT2D eigenvalue weighted by molar-refractivity contribution is 5.69. The Labute approximate surface area is 192 Å². The molecule has 31 heavy (non-hydrogen) atoms. The third-order valence-corrected chi connectivity index (χ3v) is 5.77. The first-order valence-corrected chi connectivity index (χ1v) is 13.0. The molecule has 0 aliphatic carbocycles. The van der Waals surface area contributed by atoms with Crippen LogP contribution in [0.1, 0.15) is 128 Å². The number of allylic oxidation sites excluding steroid dienone is 2. The van der Waals surface area contributed by atoms with Crippen molar-refractivity contribution in [3.63, 3.8) is 0 Å². The van der Waals surface area contributed by atoms with E-state index in [1.54, 1.807) is 12.4 Å². The van der Waals surface area contributed by atoms with Crippen LogP contribution in [0.5, 0.6) is 0 Å². The molecule has 1 aromatic rings. The lowest BCUT2D eigenvalue weighted by Crippen LogP contribution is -2.04. The number of unbranched alkanes of at least 4 members (excludes halogenated alkanes) is 15. The number of ether oxygens (including phenoxy) is 1. The molecular weight excluding hydrogens is 382 g/mol. The summed E-state index contributed by atoms with van der Waals surface area (Å²) in [5.74, 6) is -0.105. The Morgan fingerprint density at radius 1 is 0.806 bits per heavy atom. The maximum absolute atomic E-state index is 11.7. The van der Waals surface area contributed by atoms with E-state index in [2.05, 4.69) is 24.1 Å². The molecule has 0 amide bonds. The summed E-state index contributed by atoms with van der Waals surface area (Å²) < 4.78 is 5.27. The third-order valence-electron chi connectivity index (χ3n) is 5.77. The first-order valence-electron chi connectivity index (χ1n) is 13.0. The molecule has 3 heteroatoms. The molecule has 0 aliphatic heterocycles. The average molecular weight is 430 g/mol. The number of esters is 1. The minimum Gasteiger partial charge on any atom is -0.461 e. The predicted octanol–water partition coefficient (Wildman–Crippen LogP) is 8.72. The van der Waals surface area contributed by atoms with Gasteiger partial charge < -0.3 is 4.74 Å². The fourth-order valence-corrected chi connectivity index (χ4v) is 3.77. The molecule has 0 bridgehead atoms. The second kappa shape index (κ2) is 21.6. The van der Waals surface area contributed by atoms with E-state index in [9.17, 15) is 4.79 Å². The van der Waals surface area contributed by atoms with Crippen molar-refractivity contribution >= 4 is 5.97 Å². The Kier molecular flexibility index (Phi) is 19.1. The topological polar surface area (TPSA) is 39.2 Å². The lowest BCUT2D eigenvalue weighted by molar-refractivity contribution is -0.145. The molecule has 0 N–H and O–H groups in total. The molecule has 1 rings (SSSR count). The second-order valence-electron chi connectivity index (χ2n) is 8.77. The van der Waals surface area contributed by atoms with Crippen molar-refractivity contribution in [1.82, 2.24) is 4.98 Å². The van der Waals surface area contributed by atoms with Crippen molar-refractivity contribution in [2.45, 2.75) is 129 Å². The van der Waals surface area contributed by atoms with E-state index in [0.717, 1.165) is 31.2 Å². The van der Waals surface area contributed by atoms with Gasteiger partial charge in [-0.3, -0.25) is 9.78 Å². The molecule has 1 aromatic heterocycles. The van der Waals surface area contributed by atoms with Gasteiger partial charge in [0.25, 0.3) is 0 Å². The Bertz CT molecular complexity index is 541. The molecule has 0 saturated heterocycles. The molecule has 1 heterocycles. The maximum Gasteiger partial charge on any atom is 0.306 e. The van der Waals surface area contributed by atoms with Crippen molar-refractivity contribution in [2.24, 2.45) is 0 Å². The zero-order chi connectivity index (χ0) is 22.2. The molecule has 0 unspecified atom stereocenters. The summed E-state index contributed by atoms with van der Waals surface area (Å²) >= 11 is 0. The van der Waals surface area contributed by atoms with E-state index in [0.29, 0.717) is 13.0 Å². The molecule has 176 valence electrons. The lowest BCUT2D eigenvalue weighted by atomic mass is 10.0. The average Bonchev–Trinajstić information content (AvgIpc) is 2.80. The number of nitrogens with zero attached hydrogens (tertiary/aromatic N) is 1. The van der Waals surface area contributed by atoms with Crippen molar-refractivity contribution in [3.8, 4) is 0 Å². The van der Waals surface area contributed by atoms with Crippen LogP contribution >= 0.6 is 0 Å². The minimum atomic E-state index is -0.105. The van der Waals surface area contributed by atoms with Gasteiger partial charge in [-0.25, -0.2) is 0 Å². The van der Waals surface area contributed by atoms with E-state index >= 15 is 0 Å². The van der Waals surface area contributed by atoms with Crippen LogP contribution in [0.2, 0.25) is 0 Å². The number of carbonyl (C=O) groups excluding carboxylic acids is 1. The predicted molar refractivity (Wildman–Crippen MR) is 132 cm³/mol. The van der Waals surface area contributed by atoms with E-state index in [4.69, 9.17) is 4.74 Å². The van der Waals surface area contributed by atoms with Crippen molar-refractivity contribution in [3.05, 3.63) is 42.2 Å². The Morgan fingerprint density at radius 2 is 1.35 bits per heavy atom. The van der Waals surface area contributed by atoms with Gasteiger partial charge in [-0.15, -0.1) is 0 Å². The first kappa shape index (κ1) is 27.4. The molecule has 0 saturated carbocycles. The molecule has 0 aliphatic rings. The molecule has 3 nitrogen and oxygen atoms in total. The standard InChI is InChI=1S/C28H47NO2/c1-2-3-4-5-6-7-8-9-10-11-12-13-14-15-16-17-18-19-20-23-28(30)31-26-27-22-21-24-29-25-27/h15-16,21-22,24-25H,2-14,17-20,23,26H2,1H3/b16-15-. The van der Waals surface area contributed by atoms with Gasteiger partial charge in [-0.05, 0) is 38.2 Å². The van der Waals surface area contributed by atoms with E-state index in [1.807, 2.05) is 12.1 Å². The summed E-state index contributed by atoms with van der Waals surface area (Å²) in [6.45, 7) is 2.61. The fourth-order valence-electron chi connectivity index (χ4n) is 3.77. The Balaban J connectivity index is 1.77. The minimum absolute atomic E-state index is 0.105. The monoisotopic (exact) mass is 429 g/mol. The van der Waals surface area contributed by atoms with Gasteiger partial charge in [0.2, 0.25) is 0 Å². The van der Waals surface area contributed by atoms with Crippen LogP contribution in [-0.4, -0.2) is 11.0 Å². The summed E-state index contributed by atoms with van der Waals surface area (Å²) in [7, 11) is 0. The normalized spacial score (nSPS) is 11.3. The summed E-state index contributed by atoms with van der Waals surface area (Å²) in [6.07, 6.45) is 31.1. The van der Waals surface area contributed by atoms with Crippen LogP contribution in [0, 0.1) is 0 Å². The van der Waals surface area contributed by atoms with Crippen LogP contribution in [0.25, 0.3) is 0 Å². The highest BCUT2D eigenvalue weighted by Crippen LogP contribution is 2.13. The molecular formula is C28H47NO2. The van der Waals surface area contributed by atoms with Gasteiger partial charge in [0.05, 0.1) is 0 Å². The lowest BCUT2D eigenvalue weighted by Gasteiger charge is -2.04. The van der Waals surface area contributed by atoms with E-state index in [1.165, 1.54) is 83.5 Å². The molecule has 0 aromatic carbocycles. The zero-order valence-electron chi connectivity index (χ0n) is 20.2. The highest BCUT2D eigenvalue weighted by Gasteiger charge is 2.03. The number of pyridine rings is 1. The van der Waals surface area contributed by atoms with Crippen LogP contribution in [0.3, 0.4) is 0 Å². The van der Waals surface area contributed by atoms with Gasteiger partial charge in [0.15, 0.2) is 0 Å². The van der Waals surface area contributed by atoms with E-state index < -0.39 is 0 Å². The number of carbonyl (C=O) groups is 1. The van der Waals surface area contributed by atoms with Crippen molar-refractivity contribution < 1.29 is 9.53 Å². The third kappa shape index (κ3) is 18.8. The first-order chi connectivity index (χ1) is 15.3. The number of hydrogen-bond donors (Lipinski definition) is 0. The SMILES string of the molecule is CCCCCCCCCCCCCC/C=C\CCCCCC(=O)OCc1cccnc1.